The van der Waals surface area contributed by atoms with E-state index < -0.39 is 0 Å². The van der Waals surface area contributed by atoms with Gasteiger partial charge in [-0.3, -0.25) is 0 Å². The van der Waals surface area contributed by atoms with E-state index in [9.17, 15) is 9.59 Å². The summed E-state index contributed by atoms with van der Waals surface area (Å²) >= 11 is 3.15. The van der Waals surface area contributed by atoms with Gasteiger partial charge in [-0.2, -0.15) is 0 Å². The van der Waals surface area contributed by atoms with Gasteiger partial charge >= 0.3 is 11.3 Å². The molecule has 8 heteroatoms. The van der Waals surface area contributed by atoms with Crippen LogP contribution in [-0.2, 0) is 12.8 Å². The predicted molar refractivity (Wildman–Crippen MR) is 159 cm³/mol. The Hall–Kier alpha value is -4.66. The van der Waals surface area contributed by atoms with E-state index in [1.165, 1.54) is 11.1 Å². The number of rotatable bonds is 6. The molecule has 0 aliphatic heterocycles. The molecular weight excluding hydrogens is 540 g/mol. The first-order chi connectivity index (χ1) is 19.6. The highest BCUT2D eigenvalue weighted by Crippen LogP contribution is 2.31. The lowest BCUT2D eigenvalue weighted by Crippen LogP contribution is -2.01. The van der Waals surface area contributed by atoms with Crippen molar-refractivity contribution in [3.63, 3.8) is 0 Å². The average molecular weight is 561 g/mol. The number of thiophene rings is 2. The largest absolute Gasteiger partial charge is 0.402 e. The van der Waals surface area contributed by atoms with E-state index in [-0.39, 0.29) is 11.3 Å². The van der Waals surface area contributed by atoms with Gasteiger partial charge in [0.25, 0.3) is 0 Å². The Morgan fingerprint density at radius 3 is 1.52 bits per heavy atom. The Morgan fingerprint density at radius 2 is 1.02 bits per heavy atom. The van der Waals surface area contributed by atoms with Crippen molar-refractivity contribution in [3.05, 3.63) is 139 Å². The maximum absolute atomic E-state index is 12.4. The number of para-hydroxylation sites is 2. The Kier molecular flexibility index (Phi) is 6.18. The number of benzene rings is 3. The van der Waals surface area contributed by atoms with Crippen LogP contribution in [-0.4, -0.2) is 9.97 Å². The summed E-state index contributed by atoms with van der Waals surface area (Å²) in [6.45, 7) is 0. The molecule has 194 valence electrons. The van der Waals surface area contributed by atoms with Crippen molar-refractivity contribution in [1.82, 2.24) is 9.97 Å². The topological polar surface area (TPSA) is 86.2 Å². The van der Waals surface area contributed by atoms with Crippen molar-refractivity contribution in [1.29, 1.82) is 0 Å². The number of fused-ring (bicyclic) bond motifs is 2. The van der Waals surface area contributed by atoms with E-state index in [0.29, 0.717) is 33.6 Å². The second-order valence-corrected chi connectivity index (χ2v) is 11.7. The van der Waals surface area contributed by atoms with E-state index in [2.05, 4.69) is 46.4 Å². The highest BCUT2D eigenvalue weighted by atomic mass is 32.1. The number of nitrogens with zero attached hydrogens (tertiary/aromatic N) is 2. The van der Waals surface area contributed by atoms with Gasteiger partial charge in [0, 0.05) is 22.6 Å². The first-order valence-electron chi connectivity index (χ1n) is 12.6. The molecule has 0 N–H and O–H groups in total. The van der Waals surface area contributed by atoms with Crippen molar-refractivity contribution in [2.24, 2.45) is 0 Å². The molecule has 0 spiro atoms. The number of aromatic nitrogens is 2. The van der Waals surface area contributed by atoms with Crippen molar-refractivity contribution in [2.75, 3.05) is 0 Å². The monoisotopic (exact) mass is 560 g/mol. The van der Waals surface area contributed by atoms with Gasteiger partial charge in [0.05, 0.1) is 31.6 Å². The molecule has 0 atom stereocenters. The Balaban J connectivity index is 1.09. The quantitative estimate of drug-likeness (QED) is 0.212. The first-order valence-corrected chi connectivity index (χ1v) is 14.3. The molecule has 0 fully saturated rings. The highest BCUT2D eigenvalue weighted by Gasteiger charge is 2.13. The van der Waals surface area contributed by atoms with Crippen LogP contribution in [0.15, 0.2) is 115 Å². The van der Waals surface area contributed by atoms with E-state index in [1.54, 1.807) is 46.9 Å². The van der Waals surface area contributed by atoms with Crippen molar-refractivity contribution in [2.45, 2.75) is 12.8 Å². The molecule has 4 aromatic heterocycles. The molecule has 0 radical (unpaired) electrons. The fourth-order valence-corrected chi connectivity index (χ4v) is 6.61. The molecule has 3 aromatic carbocycles. The summed E-state index contributed by atoms with van der Waals surface area (Å²) in [7, 11) is 0. The van der Waals surface area contributed by atoms with Crippen molar-refractivity contribution < 1.29 is 8.83 Å². The van der Waals surface area contributed by atoms with Gasteiger partial charge in [0.15, 0.2) is 0 Å². The minimum atomic E-state index is -0.376. The third kappa shape index (κ3) is 4.79. The third-order valence-electron chi connectivity index (χ3n) is 6.56. The highest BCUT2D eigenvalue weighted by molar-refractivity contribution is 7.15. The van der Waals surface area contributed by atoms with Crippen LogP contribution in [0.3, 0.4) is 0 Å². The first kappa shape index (κ1) is 24.4. The van der Waals surface area contributed by atoms with Crippen LogP contribution in [0.5, 0.6) is 0 Å². The van der Waals surface area contributed by atoms with E-state index in [0.717, 1.165) is 32.4 Å². The van der Waals surface area contributed by atoms with Gasteiger partial charge in [-0.05, 0) is 59.7 Å². The SMILES string of the molecule is O=c1oc(-c2ccc(Cc3cccc(Cc4ccc(-c5nc6ccccc6c(=O)o5)s4)c3)s2)nc2ccccc12. The van der Waals surface area contributed by atoms with Crippen molar-refractivity contribution in [3.8, 4) is 21.5 Å². The molecule has 7 aromatic rings. The van der Waals surface area contributed by atoms with Crippen LogP contribution in [0.25, 0.3) is 43.3 Å². The number of hydrogen-bond donors (Lipinski definition) is 0. The van der Waals surface area contributed by atoms with Crippen LogP contribution < -0.4 is 11.3 Å². The zero-order chi connectivity index (χ0) is 27.1. The van der Waals surface area contributed by atoms with Gasteiger partial charge in [-0.15, -0.1) is 22.7 Å². The van der Waals surface area contributed by atoms with Gasteiger partial charge in [0.2, 0.25) is 11.8 Å². The molecule has 6 nitrogen and oxygen atoms in total. The molecule has 0 aliphatic carbocycles. The molecule has 0 amide bonds. The Labute approximate surface area is 235 Å². The molecular formula is C32H20N2O4S2. The molecule has 0 bridgehead atoms. The molecule has 0 aliphatic rings. The van der Waals surface area contributed by atoms with Gasteiger partial charge in [-0.25, -0.2) is 19.6 Å². The number of hydrogen-bond acceptors (Lipinski definition) is 8. The summed E-state index contributed by atoms with van der Waals surface area (Å²) in [5.74, 6) is 0.692. The molecule has 0 saturated carbocycles. The summed E-state index contributed by atoms with van der Waals surface area (Å²) < 4.78 is 11.0. The minimum Gasteiger partial charge on any atom is -0.402 e. The van der Waals surface area contributed by atoms with E-state index in [1.807, 2.05) is 36.4 Å². The maximum atomic E-state index is 12.4. The second kappa shape index (κ2) is 10.1. The summed E-state index contributed by atoms with van der Waals surface area (Å²) in [6.07, 6.45) is 1.52. The molecule has 0 saturated heterocycles. The van der Waals surface area contributed by atoms with Gasteiger partial charge < -0.3 is 8.83 Å². The average Bonchev–Trinajstić information content (AvgIpc) is 3.63. The Morgan fingerprint density at radius 1 is 0.550 bits per heavy atom. The lowest BCUT2D eigenvalue weighted by atomic mass is 10.0. The van der Waals surface area contributed by atoms with E-state index in [4.69, 9.17) is 8.83 Å². The zero-order valence-electron chi connectivity index (χ0n) is 21.0. The fourth-order valence-electron chi connectivity index (χ4n) is 4.68. The zero-order valence-corrected chi connectivity index (χ0v) is 22.6. The summed E-state index contributed by atoms with van der Waals surface area (Å²) in [5.41, 5.74) is 2.89. The van der Waals surface area contributed by atoms with Crippen LogP contribution in [0, 0.1) is 0 Å². The Bertz CT molecular complexity index is 1990. The predicted octanol–water partition coefficient (Wildman–Crippen LogP) is 7.33. The fraction of sp³-hybridized carbons (Fsp3) is 0.0625. The van der Waals surface area contributed by atoms with Crippen LogP contribution in [0.2, 0.25) is 0 Å². The van der Waals surface area contributed by atoms with Gasteiger partial charge in [0.1, 0.15) is 0 Å². The van der Waals surface area contributed by atoms with Crippen LogP contribution in [0.1, 0.15) is 20.9 Å². The van der Waals surface area contributed by atoms with E-state index >= 15 is 0 Å². The molecule has 4 heterocycles. The van der Waals surface area contributed by atoms with Crippen molar-refractivity contribution >= 4 is 44.5 Å². The molecule has 40 heavy (non-hydrogen) atoms. The molecule has 0 unspecified atom stereocenters. The lowest BCUT2D eigenvalue weighted by molar-refractivity contribution is 0.519. The smallest absolute Gasteiger partial charge is 0.347 e. The second-order valence-electron chi connectivity index (χ2n) is 9.35. The van der Waals surface area contributed by atoms with Crippen LogP contribution in [0.4, 0.5) is 0 Å². The third-order valence-corrected chi connectivity index (χ3v) is 8.71. The summed E-state index contributed by atoms with van der Waals surface area (Å²) in [6, 6.07) is 30.9. The normalized spacial score (nSPS) is 11.4. The maximum Gasteiger partial charge on any atom is 0.347 e. The van der Waals surface area contributed by atoms with Crippen LogP contribution >= 0.6 is 22.7 Å². The summed E-state index contributed by atoms with van der Waals surface area (Å²) in [5, 5.41) is 0.964. The lowest BCUT2D eigenvalue weighted by Gasteiger charge is -2.04. The summed E-state index contributed by atoms with van der Waals surface area (Å²) in [4.78, 5) is 37.8. The van der Waals surface area contributed by atoms with Gasteiger partial charge in [-0.1, -0.05) is 48.5 Å². The molecule has 7 rings (SSSR count). The standard InChI is InChI=1S/C32H20N2O4S2/c35-31-23-8-1-3-10-25(23)33-29(37-31)27-14-12-21(39-27)17-19-6-5-7-20(16-19)18-22-13-15-28(40-22)30-34-26-11-4-2-9-24(26)32(36)38-30/h1-16H,17-18H2. The minimum absolute atomic E-state index is 0.346.